The Bertz CT molecular complexity index is 1180. The number of nitrogens with one attached hydrogen (secondary N) is 2. The Kier molecular flexibility index (Phi) is 7.33. The summed E-state index contributed by atoms with van der Waals surface area (Å²) in [4.78, 5) is 12.6. The maximum Gasteiger partial charge on any atom is 0.255 e. The minimum atomic E-state index is -3.89. The normalized spacial score (nSPS) is 11.2. The summed E-state index contributed by atoms with van der Waals surface area (Å²) in [6.45, 7) is 2.08. The Morgan fingerprint density at radius 2 is 1.77 bits per heavy atom. The van der Waals surface area contributed by atoms with Gasteiger partial charge in [0.05, 0.1) is 7.11 Å². The number of sulfonamides is 1. The number of hydrogen-bond donors (Lipinski definition) is 2. The summed E-state index contributed by atoms with van der Waals surface area (Å²) < 4.78 is 33.5. The van der Waals surface area contributed by atoms with Crippen molar-refractivity contribution in [3.8, 4) is 5.75 Å². The lowest BCUT2D eigenvalue weighted by atomic mass is 10.2. The van der Waals surface area contributed by atoms with Gasteiger partial charge in [-0.15, -0.1) is 0 Å². The largest absolute Gasteiger partial charge is 0.495 e. The number of ether oxygens (including phenoxy) is 1. The van der Waals surface area contributed by atoms with E-state index in [0.717, 1.165) is 11.1 Å². The zero-order valence-electron chi connectivity index (χ0n) is 17.2. The standard InChI is InChI=1S/C23H23ClN2O4S/c1-16-8-10-19(15-20(16)24)26-23(27)18-9-11-21(30-2)22(14-18)31(28,29)25-13-12-17-6-4-3-5-7-17/h3-11,14-15,25H,12-13H2,1-2H3,(H,26,27). The topological polar surface area (TPSA) is 84.5 Å². The van der Waals surface area contributed by atoms with Gasteiger partial charge >= 0.3 is 0 Å². The molecular formula is C23H23ClN2O4S. The Hall–Kier alpha value is -2.87. The highest BCUT2D eigenvalue weighted by Crippen LogP contribution is 2.26. The Balaban J connectivity index is 1.78. The van der Waals surface area contributed by atoms with Crippen LogP contribution >= 0.6 is 11.6 Å². The molecule has 0 bridgehead atoms. The number of carbonyl (C=O) groups excluding carboxylic acids is 1. The van der Waals surface area contributed by atoms with E-state index >= 15 is 0 Å². The highest BCUT2D eigenvalue weighted by Gasteiger charge is 2.21. The second-order valence-corrected chi connectivity index (χ2v) is 9.06. The minimum absolute atomic E-state index is 0.0994. The zero-order valence-corrected chi connectivity index (χ0v) is 18.8. The van der Waals surface area contributed by atoms with Crippen molar-refractivity contribution >= 4 is 33.2 Å². The molecule has 0 heterocycles. The second kappa shape index (κ2) is 9.96. The lowest BCUT2D eigenvalue weighted by molar-refractivity contribution is 0.102. The summed E-state index contributed by atoms with van der Waals surface area (Å²) in [7, 11) is -2.51. The zero-order chi connectivity index (χ0) is 22.4. The molecule has 0 spiro atoms. The number of carbonyl (C=O) groups is 1. The van der Waals surface area contributed by atoms with E-state index in [1.165, 1.54) is 25.3 Å². The highest BCUT2D eigenvalue weighted by atomic mass is 35.5. The van der Waals surface area contributed by atoms with Crippen LogP contribution < -0.4 is 14.8 Å². The number of anilines is 1. The van der Waals surface area contributed by atoms with Gasteiger partial charge in [-0.25, -0.2) is 13.1 Å². The maximum atomic E-state index is 12.9. The predicted molar refractivity (Wildman–Crippen MR) is 122 cm³/mol. The van der Waals surface area contributed by atoms with E-state index in [0.29, 0.717) is 17.1 Å². The maximum absolute atomic E-state index is 12.9. The first-order valence-electron chi connectivity index (χ1n) is 9.59. The molecule has 3 aromatic rings. The van der Waals surface area contributed by atoms with Crippen molar-refractivity contribution < 1.29 is 17.9 Å². The number of halogens is 1. The van der Waals surface area contributed by atoms with Gasteiger partial charge in [0.25, 0.3) is 5.91 Å². The number of aryl methyl sites for hydroxylation is 1. The number of rotatable bonds is 8. The number of amides is 1. The van der Waals surface area contributed by atoms with Gasteiger partial charge in [0.15, 0.2) is 0 Å². The molecule has 3 aromatic carbocycles. The third-order valence-electron chi connectivity index (χ3n) is 4.69. The Morgan fingerprint density at radius 1 is 1.03 bits per heavy atom. The lowest BCUT2D eigenvalue weighted by Crippen LogP contribution is -2.27. The van der Waals surface area contributed by atoms with Gasteiger partial charge in [-0.1, -0.05) is 48.0 Å². The summed E-state index contributed by atoms with van der Waals surface area (Å²) in [6, 6.07) is 19.0. The van der Waals surface area contributed by atoms with Gasteiger partial charge in [0.1, 0.15) is 10.6 Å². The van der Waals surface area contributed by atoms with E-state index in [4.69, 9.17) is 16.3 Å². The number of methoxy groups -OCH3 is 1. The third kappa shape index (κ3) is 5.85. The molecule has 0 aromatic heterocycles. The van der Waals surface area contributed by atoms with Crippen molar-refractivity contribution in [2.45, 2.75) is 18.2 Å². The first-order chi connectivity index (χ1) is 14.8. The first-order valence-corrected chi connectivity index (χ1v) is 11.5. The number of hydrogen-bond acceptors (Lipinski definition) is 4. The summed E-state index contributed by atoms with van der Waals surface area (Å²) in [5.41, 5.74) is 2.60. The molecule has 0 aliphatic carbocycles. The van der Waals surface area contributed by atoms with Crippen LogP contribution in [-0.4, -0.2) is 28.0 Å². The fourth-order valence-electron chi connectivity index (χ4n) is 2.95. The molecule has 31 heavy (non-hydrogen) atoms. The monoisotopic (exact) mass is 458 g/mol. The van der Waals surface area contributed by atoms with E-state index in [-0.39, 0.29) is 22.8 Å². The molecule has 1 amide bonds. The van der Waals surface area contributed by atoms with Crippen LogP contribution in [0.25, 0.3) is 0 Å². The third-order valence-corrected chi connectivity index (χ3v) is 6.58. The molecule has 162 valence electrons. The molecule has 6 nitrogen and oxygen atoms in total. The predicted octanol–water partition coefficient (Wildman–Crippen LogP) is 4.43. The quantitative estimate of drug-likeness (QED) is 0.523. The van der Waals surface area contributed by atoms with Crippen molar-refractivity contribution in [3.63, 3.8) is 0 Å². The number of benzene rings is 3. The van der Waals surface area contributed by atoms with E-state index in [2.05, 4.69) is 10.0 Å². The van der Waals surface area contributed by atoms with Crippen molar-refractivity contribution in [3.05, 3.63) is 88.4 Å². The molecule has 0 aliphatic rings. The van der Waals surface area contributed by atoms with Gasteiger partial charge in [0, 0.05) is 22.8 Å². The average Bonchev–Trinajstić information content (AvgIpc) is 2.76. The van der Waals surface area contributed by atoms with Gasteiger partial charge in [-0.05, 0) is 54.8 Å². The van der Waals surface area contributed by atoms with Crippen LogP contribution in [0, 0.1) is 6.92 Å². The summed E-state index contributed by atoms with van der Waals surface area (Å²) >= 11 is 6.11. The van der Waals surface area contributed by atoms with Crippen molar-refractivity contribution in [1.29, 1.82) is 0 Å². The summed E-state index contributed by atoms with van der Waals surface area (Å²) in [6.07, 6.45) is 0.538. The van der Waals surface area contributed by atoms with E-state index in [1.807, 2.05) is 37.3 Å². The van der Waals surface area contributed by atoms with Gasteiger partial charge in [0.2, 0.25) is 10.0 Å². The highest BCUT2D eigenvalue weighted by molar-refractivity contribution is 7.89. The van der Waals surface area contributed by atoms with Crippen LogP contribution in [0.4, 0.5) is 5.69 Å². The van der Waals surface area contributed by atoms with Gasteiger partial charge < -0.3 is 10.1 Å². The molecule has 8 heteroatoms. The average molecular weight is 459 g/mol. The molecule has 0 saturated carbocycles. The van der Waals surface area contributed by atoms with Crippen LogP contribution in [0.5, 0.6) is 5.75 Å². The molecule has 0 unspecified atom stereocenters. The van der Waals surface area contributed by atoms with Crippen LogP contribution in [-0.2, 0) is 16.4 Å². The second-order valence-electron chi connectivity index (χ2n) is 6.92. The summed E-state index contributed by atoms with van der Waals surface area (Å²) in [5.74, 6) is -0.301. The SMILES string of the molecule is COc1ccc(C(=O)Nc2ccc(C)c(Cl)c2)cc1S(=O)(=O)NCCc1ccccc1. The fourth-order valence-corrected chi connectivity index (χ4v) is 4.36. The molecule has 0 saturated heterocycles. The van der Waals surface area contributed by atoms with Gasteiger partial charge in [-0.2, -0.15) is 0 Å². The van der Waals surface area contributed by atoms with Crippen molar-refractivity contribution in [2.75, 3.05) is 19.0 Å². The van der Waals surface area contributed by atoms with Gasteiger partial charge in [-0.3, -0.25) is 4.79 Å². The Morgan fingerprint density at radius 3 is 2.45 bits per heavy atom. The molecule has 0 atom stereocenters. The van der Waals surface area contributed by atoms with Crippen molar-refractivity contribution in [2.24, 2.45) is 0 Å². The molecule has 3 rings (SSSR count). The van der Waals surface area contributed by atoms with Crippen LogP contribution in [0.1, 0.15) is 21.5 Å². The molecule has 0 fully saturated rings. The van der Waals surface area contributed by atoms with E-state index in [1.54, 1.807) is 18.2 Å². The molecule has 0 radical (unpaired) electrons. The van der Waals surface area contributed by atoms with Crippen LogP contribution in [0.2, 0.25) is 5.02 Å². The fraction of sp³-hybridized carbons (Fsp3) is 0.174. The lowest BCUT2D eigenvalue weighted by Gasteiger charge is -2.13. The summed E-state index contributed by atoms with van der Waals surface area (Å²) in [5, 5.41) is 3.25. The minimum Gasteiger partial charge on any atom is -0.495 e. The van der Waals surface area contributed by atoms with Crippen LogP contribution in [0.3, 0.4) is 0 Å². The molecule has 0 aliphatic heterocycles. The molecular weight excluding hydrogens is 436 g/mol. The first kappa shape index (κ1) is 22.8. The smallest absolute Gasteiger partial charge is 0.255 e. The van der Waals surface area contributed by atoms with E-state index in [9.17, 15) is 13.2 Å². The van der Waals surface area contributed by atoms with Crippen molar-refractivity contribution in [1.82, 2.24) is 4.72 Å². The molecule has 2 N–H and O–H groups in total. The Labute approximate surface area is 187 Å². The van der Waals surface area contributed by atoms with E-state index < -0.39 is 15.9 Å². The van der Waals surface area contributed by atoms with Crippen LogP contribution in [0.15, 0.2) is 71.6 Å².